The van der Waals surface area contributed by atoms with E-state index in [4.69, 9.17) is 0 Å². The highest BCUT2D eigenvalue weighted by atomic mass is 16.2. The fraction of sp³-hybridized carbons (Fsp3) is 0.222. The van der Waals surface area contributed by atoms with Gasteiger partial charge in [0.05, 0.1) is 17.2 Å². The molecule has 3 amide bonds. The zero-order chi connectivity index (χ0) is 23.2. The molecule has 1 fully saturated rings. The third kappa shape index (κ3) is 5.47. The van der Waals surface area contributed by atoms with Crippen LogP contribution in [0.15, 0.2) is 78.9 Å². The first-order chi connectivity index (χ1) is 16.0. The summed E-state index contributed by atoms with van der Waals surface area (Å²) in [5.74, 6) is -1.06. The smallest absolute Gasteiger partial charge is 0.253 e. The van der Waals surface area contributed by atoms with Gasteiger partial charge in [0.1, 0.15) is 0 Å². The summed E-state index contributed by atoms with van der Waals surface area (Å²) >= 11 is 0. The standard InChI is InChI=1S/C27H27N3O3/c1-19-8-7-11-22(16-19)30-18-21(17-25(30)31)26(32)29-24-13-6-5-12-23(24)27(33)28-15-14-20-9-3-2-4-10-20/h2-13,16,21H,14-15,17-18H2,1H3,(H,28,33)(H,29,32)/t21-/m1/s1. The lowest BCUT2D eigenvalue weighted by Crippen LogP contribution is -2.30. The number of hydrogen-bond donors (Lipinski definition) is 2. The topological polar surface area (TPSA) is 78.5 Å². The number of para-hydroxylation sites is 1. The van der Waals surface area contributed by atoms with Crippen molar-refractivity contribution in [3.8, 4) is 0 Å². The van der Waals surface area contributed by atoms with Gasteiger partial charge in [-0.15, -0.1) is 0 Å². The SMILES string of the molecule is Cc1cccc(N2C[C@H](C(=O)Nc3ccccc3C(=O)NCCc3ccccc3)CC2=O)c1. The van der Waals surface area contributed by atoms with Crippen LogP contribution < -0.4 is 15.5 Å². The Kier molecular flexibility index (Phi) is 6.83. The lowest BCUT2D eigenvalue weighted by atomic mass is 10.1. The molecule has 0 saturated carbocycles. The minimum Gasteiger partial charge on any atom is -0.352 e. The predicted molar refractivity (Wildman–Crippen MR) is 129 cm³/mol. The highest BCUT2D eigenvalue weighted by Gasteiger charge is 2.35. The molecule has 1 heterocycles. The Bertz CT molecular complexity index is 1160. The summed E-state index contributed by atoms with van der Waals surface area (Å²) in [6.07, 6.45) is 0.866. The van der Waals surface area contributed by atoms with Gasteiger partial charge in [0.25, 0.3) is 5.91 Å². The zero-order valence-corrected chi connectivity index (χ0v) is 18.6. The van der Waals surface area contributed by atoms with Gasteiger partial charge in [0.15, 0.2) is 0 Å². The molecule has 0 unspecified atom stereocenters. The van der Waals surface area contributed by atoms with Crippen molar-refractivity contribution in [3.05, 3.63) is 95.6 Å². The molecule has 168 valence electrons. The van der Waals surface area contributed by atoms with Crippen LogP contribution in [0.4, 0.5) is 11.4 Å². The summed E-state index contributed by atoms with van der Waals surface area (Å²) in [6, 6.07) is 24.5. The van der Waals surface area contributed by atoms with Gasteiger partial charge < -0.3 is 15.5 Å². The Morgan fingerprint density at radius 2 is 1.73 bits per heavy atom. The summed E-state index contributed by atoms with van der Waals surface area (Å²) in [6.45, 7) is 2.78. The van der Waals surface area contributed by atoms with Crippen LogP contribution in [0.5, 0.6) is 0 Å². The Balaban J connectivity index is 1.38. The van der Waals surface area contributed by atoms with E-state index in [-0.39, 0.29) is 24.1 Å². The van der Waals surface area contributed by atoms with E-state index in [1.807, 2.05) is 61.5 Å². The first kappa shape index (κ1) is 22.3. The van der Waals surface area contributed by atoms with Gasteiger partial charge in [0, 0.05) is 25.2 Å². The highest BCUT2D eigenvalue weighted by Crippen LogP contribution is 2.27. The van der Waals surface area contributed by atoms with Crippen molar-refractivity contribution in [1.29, 1.82) is 0 Å². The van der Waals surface area contributed by atoms with Crippen LogP contribution in [0, 0.1) is 12.8 Å². The van der Waals surface area contributed by atoms with Crippen molar-refractivity contribution >= 4 is 29.1 Å². The summed E-state index contributed by atoms with van der Waals surface area (Å²) < 4.78 is 0. The van der Waals surface area contributed by atoms with E-state index >= 15 is 0 Å². The second-order valence-electron chi connectivity index (χ2n) is 8.27. The molecule has 3 aromatic carbocycles. The molecule has 0 radical (unpaired) electrons. The monoisotopic (exact) mass is 441 g/mol. The minimum absolute atomic E-state index is 0.0762. The van der Waals surface area contributed by atoms with Crippen LogP contribution in [0.1, 0.15) is 27.9 Å². The Morgan fingerprint density at radius 1 is 0.970 bits per heavy atom. The second kappa shape index (κ2) is 10.1. The maximum atomic E-state index is 13.0. The first-order valence-corrected chi connectivity index (χ1v) is 11.1. The van der Waals surface area contributed by atoms with Gasteiger partial charge in [0.2, 0.25) is 11.8 Å². The van der Waals surface area contributed by atoms with Gasteiger partial charge in [-0.05, 0) is 48.7 Å². The average molecular weight is 442 g/mol. The minimum atomic E-state index is -0.479. The molecule has 4 rings (SSSR count). The zero-order valence-electron chi connectivity index (χ0n) is 18.6. The van der Waals surface area contributed by atoms with E-state index in [1.165, 1.54) is 0 Å². The second-order valence-corrected chi connectivity index (χ2v) is 8.27. The van der Waals surface area contributed by atoms with Gasteiger partial charge in [-0.3, -0.25) is 14.4 Å². The predicted octanol–water partition coefficient (Wildman–Crippen LogP) is 3.96. The molecule has 0 aromatic heterocycles. The number of nitrogens with zero attached hydrogens (tertiary/aromatic N) is 1. The molecular formula is C27H27N3O3. The van der Waals surface area contributed by atoms with E-state index in [2.05, 4.69) is 10.6 Å². The normalized spacial score (nSPS) is 15.4. The number of amides is 3. The van der Waals surface area contributed by atoms with Gasteiger partial charge in [-0.2, -0.15) is 0 Å². The van der Waals surface area contributed by atoms with E-state index in [1.54, 1.807) is 29.2 Å². The maximum absolute atomic E-state index is 13.0. The summed E-state index contributed by atoms with van der Waals surface area (Å²) in [7, 11) is 0. The molecule has 1 aliphatic rings. The van der Waals surface area contributed by atoms with Crippen molar-refractivity contribution in [2.75, 3.05) is 23.3 Å². The number of carbonyl (C=O) groups excluding carboxylic acids is 3. The number of hydrogen-bond acceptors (Lipinski definition) is 3. The van der Waals surface area contributed by atoms with Gasteiger partial charge >= 0.3 is 0 Å². The molecule has 2 N–H and O–H groups in total. The largest absolute Gasteiger partial charge is 0.352 e. The molecule has 0 bridgehead atoms. The average Bonchev–Trinajstić information content (AvgIpc) is 3.22. The van der Waals surface area contributed by atoms with Crippen LogP contribution in [0.3, 0.4) is 0 Å². The molecule has 1 aliphatic heterocycles. The third-order valence-electron chi connectivity index (χ3n) is 5.78. The summed E-state index contributed by atoms with van der Waals surface area (Å²) in [5.41, 5.74) is 3.84. The fourth-order valence-electron chi connectivity index (χ4n) is 4.01. The Labute approximate surface area is 193 Å². The number of anilines is 2. The number of carbonyl (C=O) groups is 3. The van der Waals surface area contributed by atoms with E-state index in [9.17, 15) is 14.4 Å². The van der Waals surface area contributed by atoms with Gasteiger partial charge in [-0.25, -0.2) is 0 Å². The lowest BCUT2D eigenvalue weighted by Gasteiger charge is -2.17. The molecule has 6 nitrogen and oxygen atoms in total. The Hall–Kier alpha value is -3.93. The van der Waals surface area contributed by atoms with E-state index in [0.717, 1.165) is 23.2 Å². The number of rotatable bonds is 7. The molecule has 33 heavy (non-hydrogen) atoms. The van der Waals surface area contributed by atoms with E-state index in [0.29, 0.717) is 24.3 Å². The third-order valence-corrected chi connectivity index (χ3v) is 5.78. The highest BCUT2D eigenvalue weighted by molar-refractivity contribution is 6.07. The molecule has 3 aromatic rings. The molecule has 0 aliphatic carbocycles. The van der Waals surface area contributed by atoms with Crippen molar-refractivity contribution in [3.63, 3.8) is 0 Å². The molecule has 0 spiro atoms. The van der Waals surface area contributed by atoms with Crippen molar-refractivity contribution in [2.24, 2.45) is 5.92 Å². The van der Waals surface area contributed by atoms with Gasteiger partial charge in [-0.1, -0.05) is 54.6 Å². The fourth-order valence-corrected chi connectivity index (χ4v) is 4.01. The molecule has 1 saturated heterocycles. The number of benzene rings is 3. The lowest BCUT2D eigenvalue weighted by molar-refractivity contribution is -0.122. The van der Waals surface area contributed by atoms with Crippen LogP contribution in [0.2, 0.25) is 0 Å². The van der Waals surface area contributed by atoms with E-state index < -0.39 is 5.92 Å². The molecule has 6 heteroatoms. The first-order valence-electron chi connectivity index (χ1n) is 11.1. The van der Waals surface area contributed by atoms with Crippen LogP contribution in [0.25, 0.3) is 0 Å². The summed E-state index contributed by atoms with van der Waals surface area (Å²) in [5, 5.41) is 5.79. The number of nitrogens with one attached hydrogen (secondary N) is 2. The van der Waals surface area contributed by atoms with Crippen molar-refractivity contribution < 1.29 is 14.4 Å². The van der Waals surface area contributed by atoms with Crippen LogP contribution in [-0.4, -0.2) is 30.8 Å². The van der Waals surface area contributed by atoms with Crippen molar-refractivity contribution in [2.45, 2.75) is 19.8 Å². The number of aryl methyl sites for hydroxylation is 1. The van der Waals surface area contributed by atoms with Crippen molar-refractivity contribution in [1.82, 2.24) is 5.32 Å². The maximum Gasteiger partial charge on any atom is 0.253 e. The Morgan fingerprint density at radius 3 is 2.52 bits per heavy atom. The molecule has 1 atom stereocenters. The summed E-state index contributed by atoms with van der Waals surface area (Å²) in [4.78, 5) is 39.9. The molecular weight excluding hydrogens is 414 g/mol. The van der Waals surface area contributed by atoms with Crippen LogP contribution >= 0.6 is 0 Å². The van der Waals surface area contributed by atoms with Crippen LogP contribution in [-0.2, 0) is 16.0 Å². The quantitative estimate of drug-likeness (QED) is 0.583.